The molecule has 0 spiro atoms. The Bertz CT molecular complexity index is 478. The molecule has 2 unspecified atom stereocenters. The zero-order valence-corrected chi connectivity index (χ0v) is 14.9. The van der Waals surface area contributed by atoms with Crippen LogP contribution in [0.1, 0.15) is 38.2 Å². The maximum absolute atomic E-state index is 10.1. The maximum atomic E-state index is 10.1. The van der Waals surface area contributed by atoms with E-state index in [1.807, 2.05) is 18.2 Å². The maximum Gasteiger partial charge on any atom is 0.134 e. The van der Waals surface area contributed by atoms with Crippen molar-refractivity contribution in [3.63, 3.8) is 0 Å². The van der Waals surface area contributed by atoms with E-state index in [9.17, 15) is 5.11 Å². The molecule has 0 aromatic heterocycles. The standard InChI is InChI=1S/C17H27BrN2O/c1-13-6-5-9-17(10-13,20(2)3)12-19-11-14-7-4-8-15(18)16(14)21/h4,7-8,13,19,21H,5-6,9-12H2,1-3H3. The van der Waals surface area contributed by atoms with E-state index in [0.717, 1.165) is 22.5 Å². The molecular formula is C17H27BrN2O. The smallest absolute Gasteiger partial charge is 0.134 e. The van der Waals surface area contributed by atoms with Crippen LogP contribution < -0.4 is 5.32 Å². The van der Waals surface area contributed by atoms with Crippen LogP contribution in [0.3, 0.4) is 0 Å². The summed E-state index contributed by atoms with van der Waals surface area (Å²) in [5.41, 5.74) is 1.20. The minimum absolute atomic E-state index is 0.249. The number of benzene rings is 1. The predicted molar refractivity (Wildman–Crippen MR) is 91.6 cm³/mol. The lowest BCUT2D eigenvalue weighted by Crippen LogP contribution is -2.54. The van der Waals surface area contributed by atoms with Gasteiger partial charge >= 0.3 is 0 Å². The molecule has 21 heavy (non-hydrogen) atoms. The second-order valence-electron chi connectivity index (χ2n) is 6.67. The third kappa shape index (κ3) is 3.99. The quantitative estimate of drug-likeness (QED) is 0.844. The fourth-order valence-corrected chi connectivity index (χ4v) is 3.90. The number of para-hydroxylation sites is 1. The number of rotatable bonds is 5. The van der Waals surface area contributed by atoms with Gasteiger partial charge in [-0.1, -0.05) is 31.9 Å². The van der Waals surface area contributed by atoms with E-state index in [0.29, 0.717) is 12.3 Å². The zero-order chi connectivity index (χ0) is 15.5. The third-order valence-corrected chi connectivity index (χ3v) is 5.50. The van der Waals surface area contributed by atoms with Gasteiger partial charge < -0.3 is 15.3 Å². The van der Waals surface area contributed by atoms with Crippen LogP contribution in [-0.2, 0) is 6.54 Å². The van der Waals surface area contributed by atoms with Gasteiger partial charge in [0.25, 0.3) is 0 Å². The first-order chi connectivity index (χ1) is 9.94. The van der Waals surface area contributed by atoms with Crippen molar-refractivity contribution in [3.8, 4) is 5.75 Å². The molecule has 0 aliphatic heterocycles. The summed E-state index contributed by atoms with van der Waals surface area (Å²) in [5.74, 6) is 1.14. The van der Waals surface area contributed by atoms with Crippen LogP contribution in [0.4, 0.5) is 0 Å². The molecule has 2 rings (SSSR count). The van der Waals surface area contributed by atoms with E-state index in [1.54, 1.807) is 0 Å². The number of phenolic OH excluding ortho intramolecular Hbond substituents is 1. The number of phenols is 1. The Balaban J connectivity index is 1.98. The monoisotopic (exact) mass is 354 g/mol. The van der Waals surface area contributed by atoms with Crippen molar-refractivity contribution < 1.29 is 5.11 Å². The van der Waals surface area contributed by atoms with Gasteiger partial charge in [0.05, 0.1) is 4.47 Å². The van der Waals surface area contributed by atoms with Crippen LogP contribution >= 0.6 is 15.9 Å². The van der Waals surface area contributed by atoms with Crippen molar-refractivity contribution in [2.75, 3.05) is 20.6 Å². The van der Waals surface area contributed by atoms with E-state index in [4.69, 9.17) is 0 Å². The highest BCUT2D eigenvalue weighted by Crippen LogP contribution is 2.35. The van der Waals surface area contributed by atoms with E-state index < -0.39 is 0 Å². The van der Waals surface area contributed by atoms with Gasteiger partial charge in [-0.05, 0) is 54.9 Å². The minimum Gasteiger partial charge on any atom is -0.506 e. The van der Waals surface area contributed by atoms with Gasteiger partial charge in [-0.3, -0.25) is 0 Å². The first kappa shape index (κ1) is 16.8. The average molecular weight is 355 g/mol. The Hall–Kier alpha value is -0.580. The summed E-state index contributed by atoms with van der Waals surface area (Å²) in [6, 6.07) is 5.80. The molecule has 1 aliphatic rings. The number of halogens is 1. The highest BCUT2D eigenvalue weighted by atomic mass is 79.9. The molecule has 1 aromatic rings. The molecule has 0 bridgehead atoms. The second-order valence-corrected chi connectivity index (χ2v) is 7.53. The molecule has 3 nitrogen and oxygen atoms in total. The van der Waals surface area contributed by atoms with Crippen molar-refractivity contribution >= 4 is 15.9 Å². The third-order valence-electron chi connectivity index (χ3n) is 4.86. The molecule has 4 heteroatoms. The lowest BCUT2D eigenvalue weighted by Gasteiger charge is -2.45. The zero-order valence-electron chi connectivity index (χ0n) is 13.3. The van der Waals surface area contributed by atoms with Gasteiger partial charge in [-0.2, -0.15) is 0 Å². The van der Waals surface area contributed by atoms with Gasteiger partial charge in [0.15, 0.2) is 0 Å². The number of nitrogens with one attached hydrogen (secondary N) is 1. The Kier molecular flexibility index (Phi) is 5.69. The van der Waals surface area contributed by atoms with Gasteiger partial charge in [-0.15, -0.1) is 0 Å². The first-order valence-corrected chi connectivity index (χ1v) is 8.58. The minimum atomic E-state index is 0.249. The molecule has 1 aromatic carbocycles. The molecule has 0 heterocycles. The Morgan fingerprint density at radius 3 is 2.86 bits per heavy atom. The molecule has 2 atom stereocenters. The molecule has 0 radical (unpaired) electrons. The number of aromatic hydroxyl groups is 1. The topological polar surface area (TPSA) is 35.5 Å². The Morgan fingerprint density at radius 2 is 2.19 bits per heavy atom. The summed E-state index contributed by atoms with van der Waals surface area (Å²) in [6.45, 7) is 4.03. The highest BCUT2D eigenvalue weighted by Gasteiger charge is 2.36. The van der Waals surface area contributed by atoms with Crippen molar-refractivity contribution in [1.29, 1.82) is 0 Å². The fraction of sp³-hybridized carbons (Fsp3) is 0.647. The van der Waals surface area contributed by atoms with E-state index in [1.165, 1.54) is 25.7 Å². The SMILES string of the molecule is CC1CCCC(CNCc2cccc(Br)c2O)(N(C)C)C1. The Morgan fingerprint density at radius 1 is 1.43 bits per heavy atom. The van der Waals surface area contributed by atoms with Crippen molar-refractivity contribution in [1.82, 2.24) is 10.2 Å². The van der Waals surface area contributed by atoms with Crippen LogP contribution in [-0.4, -0.2) is 36.2 Å². The number of likely N-dealkylation sites (N-methyl/N-ethyl adjacent to an activating group) is 1. The highest BCUT2D eigenvalue weighted by molar-refractivity contribution is 9.10. The van der Waals surface area contributed by atoms with Crippen molar-refractivity contribution in [3.05, 3.63) is 28.2 Å². The predicted octanol–water partition coefficient (Wildman–Crippen LogP) is 3.75. The fourth-order valence-electron chi connectivity index (χ4n) is 3.49. The van der Waals surface area contributed by atoms with Crippen molar-refractivity contribution in [2.45, 2.75) is 44.7 Å². The molecule has 1 aliphatic carbocycles. The molecule has 0 amide bonds. The van der Waals surface area contributed by atoms with Crippen LogP contribution in [0.25, 0.3) is 0 Å². The molecule has 0 saturated heterocycles. The van der Waals surface area contributed by atoms with Crippen molar-refractivity contribution in [2.24, 2.45) is 5.92 Å². The number of nitrogens with zero attached hydrogens (tertiary/aromatic N) is 1. The number of hydrogen-bond acceptors (Lipinski definition) is 3. The van der Waals surface area contributed by atoms with E-state index >= 15 is 0 Å². The summed E-state index contributed by atoms with van der Waals surface area (Å²) in [7, 11) is 4.38. The van der Waals surface area contributed by atoms with Crippen LogP contribution in [0.15, 0.2) is 22.7 Å². The van der Waals surface area contributed by atoms with Gasteiger partial charge in [0.1, 0.15) is 5.75 Å². The van der Waals surface area contributed by atoms with Gasteiger partial charge in [0.2, 0.25) is 0 Å². The summed E-state index contributed by atoms with van der Waals surface area (Å²) in [6.07, 6.45) is 5.16. The van der Waals surface area contributed by atoms with E-state index in [-0.39, 0.29) is 5.54 Å². The lowest BCUT2D eigenvalue weighted by atomic mass is 9.75. The largest absolute Gasteiger partial charge is 0.506 e. The molecule has 1 fully saturated rings. The first-order valence-electron chi connectivity index (χ1n) is 7.79. The molecule has 118 valence electrons. The molecule has 2 N–H and O–H groups in total. The number of hydrogen-bond donors (Lipinski definition) is 2. The normalized spacial score (nSPS) is 26.2. The Labute approximate surface area is 136 Å². The van der Waals surface area contributed by atoms with Crippen LogP contribution in [0.5, 0.6) is 5.75 Å². The summed E-state index contributed by atoms with van der Waals surface area (Å²) >= 11 is 3.37. The lowest BCUT2D eigenvalue weighted by molar-refractivity contribution is 0.0749. The molecule has 1 saturated carbocycles. The van der Waals surface area contributed by atoms with Gasteiger partial charge in [0, 0.05) is 24.2 Å². The van der Waals surface area contributed by atoms with Crippen LogP contribution in [0, 0.1) is 5.92 Å². The van der Waals surface area contributed by atoms with Gasteiger partial charge in [-0.25, -0.2) is 0 Å². The summed E-state index contributed by atoms with van der Waals surface area (Å²) in [5, 5.41) is 13.6. The average Bonchev–Trinajstić information content (AvgIpc) is 2.43. The molecular weight excluding hydrogens is 328 g/mol. The van der Waals surface area contributed by atoms with E-state index in [2.05, 4.69) is 47.2 Å². The van der Waals surface area contributed by atoms with Crippen LogP contribution in [0.2, 0.25) is 0 Å². The summed E-state index contributed by atoms with van der Waals surface area (Å²) in [4.78, 5) is 2.39. The summed E-state index contributed by atoms with van der Waals surface area (Å²) < 4.78 is 0.760. The second kappa shape index (κ2) is 7.12.